The quantitative estimate of drug-likeness (QED) is 0.580. The van der Waals surface area contributed by atoms with Crippen LogP contribution < -0.4 is 0 Å². The van der Waals surface area contributed by atoms with Gasteiger partial charge in [0.2, 0.25) is 0 Å². The minimum absolute atomic E-state index is 0.175. The van der Waals surface area contributed by atoms with E-state index in [2.05, 4.69) is 0 Å². The van der Waals surface area contributed by atoms with E-state index in [1.54, 1.807) is 6.92 Å². The number of hydrogen-bond donors (Lipinski definition) is 3. The van der Waals surface area contributed by atoms with E-state index in [4.69, 9.17) is 9.84 Å². The molecule has 1 aliphatic rings. The second kappa shape index (κ2) is 4.57. The molecule has 1 aliphatic heterocycles. The minimum atomic E-state index is -0.787. The van der Waals surface area contributed by atoms with Crippen molar-refractivity contribution in [1.82, 2.24) is 0 Å². The van der Waals surface area contributed by atoms with E-state index in [-0.39, 0.29) is 24.5 Å². The molecule has 1 heterocycles. The van der Waals surface area contributed by atoms with Crippen LogP contribution in [0.1, 0.15) is 20.8 Å². The van der Waals surface area contributed by atoms with Gasteiger partial charge in [0.1, 0.15) is 6.10 Å². The molecule has 4 nitrogen and oxygen atoms in total. The Morgan fingerprint density at radius 1 is 1.21 bits per heavy atom. The van der Waals surface area contributed by atoms with E-state index < -0.39 is 18.3 Å². The lowest BCUT2D eigenvalue weighted by Crippen LogP contribution is -2.55. The van der Waals surface area contributed by atoms with E-state index in [0.717, 1.165) is 0 Å². The molecule has 0 spiro atoms. The topological polar surface area (TPSA) is 69.9 Å². The maximum absolute atomic E-state index is 9.82. The van der Waals surface area contributed by atoms with Crippen molar-refractivity contribution < 1.29 is 20.1 Å². The monoisotopic (exact) mass is 204 g/mol. The molecule has 0 aliphatic carbocycles. The lowest BCUT2D eigenvalue weighted by Gasteiger charge is -2.42. The molecule has 0 saturated carbocycles. The Hall–Kier alpha value is -0.160. The summed E-state index contributed by atoms with van der Waals surface area (Å²) in [6.07, 6.45) is -2.32. The van der Waals surface area contributed by atoms with E-state index in [0.29, 0.717) is 0 Å². The van der Waals surface area contributed by atoms with Crippen LogP contribution in [0.3, 0.4) is 0 Å². The standard InChI is InChI=1S/C10H20O4/c1-5(2)10-9(13)6(3)8(12)7(4-11)14-10/h5-13H,4H2,1-3H3/t6?,7?,8-,9?,10-/m0/s1. The molecule has 0 amide bonds. The minimum Gasteiger partial charge on any atom is -0.394 e. The summed E-state index contributed by atoms with van der Waals surface area (Å²) < 4.78 is 5.44. The second-order valence-electron chi connectivity index (χ2n) is 4.41. The molecule has 3 N–H and O–H groups in total. The largest absolute Gasteiger partial charge is 0.394 e. The SMILES string of the molecule is CC1C(O)[C@H](C(C)C)OC(CO)[C@H]1O. The highest BCUT2D eigenvalue weighted by Crippen LogP contribution is 2.29. The van der Waals surface area contributed by atoms with Crippen molar-refractivity contribution in [3.05, 3.63) is 0 Å². The van der Waals surface area contributed by atoms with Gasteiger partial charge in [-0.3, -0.25) is 0 Å². The molecule has 0 aromatic carbocycles. The van der Waals surface area contributed by atoms with Crippen molar-refractivity contribution in [1.29, 1.82) is 0 Å². The maximum Gasteiger partial charge on any atom is 0.107 e. The molecule has 14 heavy (non-hydrogen) atoms. The first-order valence-electron chi connectivity index (χ1n) is 5.11. The first-order valence-corrected chi connectivity index (χ1v) is 5.11. The predicted octanol–water partition coefficient (Wildman–Crippen LogP) is -0.240. The molecule has 0 bridgehead atoms. The summed E-state index contributed by atoms with van der Waals surface area (Å²) >= 11 is 0. The van der Waals surface area contributed by atoms with Crippen LogP contribution >= 0.6 is 0 Å². The van der Waals surface area contributed by atoms with Crippen molar-refractivity contribution in [2.24, 2.45) is 11.8 Å². The third-order valence-electron chi connectivity index (χ3n) is 2.96. The fourth-order valence-corrected chi connectivity index (χ4v) is 1.91. The van der Waals surface area contributed by atoms with Gasteiger partial charge in [0.25, 0.3) is 0 Å². The van der Waals surface area contributed by atoms with E-state index in [1.807, 2.05) is 13.8 Å². The Morgan fingerprint density at radius 3 is 2.21 bits per heavy atom. The lowest BCUT2D eigenvalue weighted by molar-refractivity contribution is -0.215. The first-order chi connectivity index (χ1) is 6.49. The second-order valence-corrected chi connectivity index (χ2v) is 4.41. The third-order valence-corrected chi connectivity index (χ3v) is 2.96. The molecule has 4 heteroatoms. The van der Waals surface area contributed by atoms with Crippen molar-refractivity contribution in [3.8, 4) is 0 Å². The van der Waals surface area contributed by atoms with Gasteiger partial charge in [-0.15, -0.1) is 0 Å². The average molecular weight is 204 g/mol. The first kappa shape index (κ1) is 11.9. The van der Waals surface area contributed by atoms with Crippen molar-refractivity contribution in [2.75, 3.05) is 6.61 Å². The maximum atomic E-state index is 9.82. The molecular formula is C10H20O4. The van der Waals surface area contributed by atoms with Gasteiger partial charge in [0, 0.05) is 5.92 Å². The molecule has 1 rings (SSSR count). The number of ether oxygens (including phenoxy) is 1. The van der Waals surface area contributed by atoms with Gasteiger partial charge in [0.15, 0.2) is 0 Å². The van der Waals surface area contributed by atoms with Crippen molar-refractivity contribution >= 4 is 0 Å². The van der Waals surface area contributed by atoms with Crippen LogP contribution in [0.2, 0.25) is 0 Å². The molecular weight excluding hydrogens is 184 g/mol. The van der Waals surface area contributed by atoms with Gasteiger partial charge in [-0.25, -0.2) is 0 Å². The fraction of sp³-hybridized carbons (Fsp3) is 1.00. The van der Waals surface area contributed by atoms with Gasteiger partial charge in [-0.2, -0.15) is 0 Å². The number of aliphatic hydroxyl groups is 3. The smallest absolute Gasteiger partial charge is 0.107 e. The Balaban J connectivity index is 2.73. The van der Waals surface area contributed by atoms with Crippen LogP contribution in [0.15, 0.2) is 0 Å². The summed E-state index contributed by atoms with van der Waals surface area (Å²) in [5, 5.41) is 28.5. The zero-order valence-corrected chi connectivity index (χ0v) is 8.92. The molecule has 0 aromatic heterocycles. The lowest BCUT2D eigenvalue weighted by atomic mass is 9.84. The van der Waals surface area contributed by atoms with E-state index in [9.17, 15) is 10.2 Å². The van der Waals surface area contributed by atoms with Crippen LogP contribution in [0.5, 0.6) is 0 Å². The van der Waals surface area contributed by atoms with Gasteiger partial charge < -0.3 is 20.1 Å². The van der Waals surface area contributed by atoms with Crippen LogP contribution in [0, 0.1) is 11.8 Å². The van der Waals surface area contributed by atoms with E-state index >= 15 is 0 Å². The predicted molar refractivity (Wildman–Crippen MR) is 51.8 cm³/mol. The number of aliphatic hydroxyl groups excluding tert-OH is 3. The Kier molecular flexibility index (Phi) is 3.89. The summed E-state index contributed by atoms with van der Waals surface area (Å²) in [6.45, 7) is 5.47. The third kappa shape index (κ3) is 2.08. The van der Waals surface area contributed by atoms with E-state index in [1.165, 1.54) is 0 Å². The fourth-order valence-electron chi connectivity index (χ4n) is 1.91. The summed E-state index contributed by atoms with van der Waals surface area (Å²) in [4.78, 5) is 0. The molecule has 5 atom stereocenters. The Labute approximate surface area is 84.5 Å². The van der Waals surface area contributed by atoms with Gasteiger partial charge >= 0.3 is 0 Å². The average Bonchev–Trinajstić information content (AvgIpc) is 2.14. The van der Waals surface area contributed by atoms with Gasteiger partial charge in [-0.1, -0.05) is 20.8 Å². The zero-order chi connectivity index (χ0) is 10.9. The Bertz CT molecular complexity index is 181. The van der Waals surface area contributed by atoms with Gasteiger partial charge in [0.05, 0.1) is 24.9 Å². The molecule has 3 unspecified atom stereocenters. The van der Waals surface area contributed by atoms with Crippen molar-refractivity contribution in [3.63, 3.8) is 0 Å². The van der Waals surface area contributed by atoms with Crippen LogP contribution in [-0.2, 0) is 4.74 Å². The molecule has 0 radical (unpaired) electrons. The Morgan fingerprint density at radius 2 is 1.79 bits per heavy atom. The normalized spacial score (nSPS) is 44.4. The zero-order valence-electron chi connectivity index (χ0n) is 8.92. The number of hydrogen-bond acceptors (Lipinski definition) is 4. The summed E-state index contributed by atoms with van der Waals surface area (Å²) in [5.74, 6) is -0.0812. The number of rotatable bonds is 2. The molecule has 84 valence electrons. The highest BCUT2D eigenvalue weighted by atomic mass is 16.5. The highest BCUT2D eigenvalue weighted by Gasteiger charge is 2.42. The summed E-state index contributed by atoms with van der Waals surface area (Å²) in [7, 11) is 0. The summed E-state index contributed by atoms with van der Waals surface area (Å²) in [6, 6.07) is 0. The van der Waals surface area contributed by atoms with Crippen molar-refractivity contribution in [2.45, 2.75) is 45.2 Å². The van der Waals surface area contributed by atoms with Crippen LogP contribution in [-0.4, -0.2) is 46.3 Å². The van der Waals surface area contributed by atoms with Crippen LogP contribution in [0.25, 0.3) is 0 Å². The van der Waals surface area contributed by atoms with Gasteiger partial charge in [-0.05, 0) is 5.92 Å². The highest BCUT2D eigenvalue weighted by molar-refractivity contribution is 4.90. The molecule has 0 aromatic rings. The molecule has 1 saturated heterocycles. The summed E-state index contributed by atoms with van der Waals surface area (Å²) in [5.41, 5.74) is 0. The van der Waals surface area contributed by atoms with Crippen LogP contribution in [0.4, 0.5) is 0 Å². The molecule has 1 fully saturated rings.